The van der Waals surface area contributed by atoms with Crippen LogP contribution in [0.4, 0.5) is 5.69 Å². The number of carbonyl (C=O) groups is 1. The smallest absolute Gasteiger partial charge is 0.230 e. The molecule has 0 spiro atoms. The summed E-state index contributed by atoms with van der Waals surface area (Å²) in [6.45, 7) is 15.1. The molecule has 0 radical (unpaired) electrons. The molecule has 0 saturated carbocycles. The Morgan fingerprint density at radius 2 is 1.91 bits per heavy atom. The number of nitrogens with zero attached hydrogens (tertiary/aromatic N) is 1. The van der Waals surface area contributed by atoms with Crippen molar-refractivity contribution in [3.8, 4) is 0 Å². The lowest BCUT2D eigenvalue weighted by Crippen LogP contribution is -2.32. The van der Waals surface area contributed by atoms with Gasteiger partial charge in [0.2, 0.25) is 5.91 Å². The number of carbonyl (C=O) groups excluding carboxylic acids is 1. The van der Waals surface area contributed by atoms with E-state index >= 15 is 0 Å². The first kappa shape index (κ1) is 19.4. The number of nitrogens with one attached hydrogen (secondary N) is 1. The van der Waals surface area contributed by atoms with E-state index in [1.807, 2.05) is 26.0 Å². The van der Waals surface area contributed by atoms with Crippen molar-refractivity contribution in [1.29, 1.82) is 0 Å². The summed E-state index contributed by atoms with van der Waals surface area (Å²) >= 11 is 0. The molecule has 128 valence electrons. The van der Waals surface area contributed by atoms with Crippen molar-refractivity contribution in [2.24, 2.45) is 22.7 Å². The van der Waals surface area contributed by atoms with E-state index in [-0.39, 0.29) is 11.3 Å². The minimum Gasteiger partial charge on any atom is -0.324 e. The molecule has 1 aromatic rings. The van der Waals surface area contributed by atoms with E-state index in [9.17, 15) is 4.79 Å². The molecule has 0 aliphatic rings. The van der Waals surface area contributed by atoms with Gasteiger partial charge in [0.25, 0.3) is 0 Å². The van der Waals surface area contributed by atoms with Crippen LogP contribution in [-0.2, 0) is 4.79 Å². The molecule has 3 nitrogen and oxygen atoms in total. The largest absolute Gasteiger partial charge is 0.324 e. The number of allylic oxidation sites excluding steroid dienone is 2. The zero-order valence-corrected chi connectivity index (χ0v) is 15.7. The summed E-state index contributed by atoms with van der Waals surface area (Å²) in [5.41, 5.74) is 0.493. The third kappa shape index (κ3) is 6.17. The van der Waals surface area contributed by atoms with Crippen LogP contribution < -0.4 is 5.32 Å². The standard InChI is InChI=1S/C20H32N2O/c1-15(2)19(4,5)11-10-16(3)13-20(6,7)18(23)22-17-9-8-12-21-14-17/h8-12,14-16H,13H2,1-7H3,(H,22,23)/b11-10-. The van der Waals surface area contributed by atoms with Crippen molar-refractivity contribution in [2.75, 3.05) is 5.32 Å². The highest BCUT2D eigenvalue weighted by Gasteiger charge is 2.29. The second-order valence-corrected chi connectivity index (χ2v) is 8.10. The van der Waals surface area contributed by atoms with E-state index in [4.69, 9.17) is 0 Å². The quantitative estimate of drug-likeness (QED) is 0.692. The third-order valence-electron chi connectivity index (χ3n) is 4.71. The van der Waals surface area contributed by atoms with E-state index in [1.165, 1.54) is 0 Å². The zero-order valence-electron chi connectivity index (χ0n) is 15.7. The van der Waals surface area contributed by atoms with Crippen LogP contribution in [0.5, 0.6) is 0 Å². The van der Waals surface area contributed by atoms with Gasteiger partial charge in [-0.25, -0.2) is 0 Å². The fraction of sp³-hybridized carbons (Fsp3) is 0.600. The Morgan fingerprint density at radius 1 is 1.26 bits per heavy atom. The van der Waals surface area contributed by atoms with Crippen LogP contribution in [0.2, 0.25) is 0 Å². The van der Waals surface area contributed by atoms with Crippen LogP contribution in [0.15, 0.2) is 36.7 Å². The molecule has 1 N–H and O–H groups in total. The van der Waals surface area contributed by atoms with E-state index < -0.39 is 5.41 Å². The second kappa shape index (κ2) is 7.76. The Morgan fingerprint density at radius 3 is 2.43 bits per heavy atom. The van der Waals surface area contributed by atoms with Crippen molar-refractivity contribution >= 4 is 11.6 Å². The predicted molar refractivity (Wildman–Crippen MR) is 98.2 cm³/mol. The van der Waals surface area contributed by atoms with Gasteiger partial charge in [0.05, 0.1) is 11.9 Å². The maximum atomic E-state index is 12.5. The van der Waals surface area contributed by atoms with E-state index in [2.05, 4.69) is 57.1 Å². The summed E-state index contributed by atoms with van der Waals surface area (Å²) in [6, 6.07) is 3.68. The first-order valence-electron chi connectivity index (χ1n) is 8.45. The molecule has 23 heavy (non-hydrogen) atoms. The normalized spacial score (nSPS) is 14.3. The maximum Gasteiger partial charge on any atom is 0.230 e. The van der Waals surface area contributed by atoms with Crippen LogP contribution >= 0.6 is 0 Å². The van der Waals surface area contributed by atoms with Gasteiger partial charge in [-0.15, -0.1) is 0 Å². The number of anilines is 1. The number of rotatable bonds is 7. The van der Waals surface area contributed by atoms with Crippen LogP contribution in [-0.4, -0.2) is 10.9 Å². The molecular weight excluding hydrogens is 284 g/mol. The van der Waals surface area contributed by atoms with Gasteiger partial charge in [-0.2, -0.15) is 0 Å². The zero-order chi connectivity index (χ0) is 17.7. The molecule has 0 fully saturated rings. The lowest BCUT2D eigenvalue weighted by Gasteiger charge is -2.28. The highest BCUT2D eigenvalue weighted by molar-refractivity contribution is 5.94. The first-order chi connectivity index (χ1) is 10.5. The number of aromatic nitrogens is 1. The molecule has 1 rings (SSSR count). The number of hydrogen-bond donors (Lipinski definition) is 1. The molecule has 0 aliphatic carbocycles. The van der Waals surface area contributed by atoms with Gasteiger partial charge in [0.1, 0.15) is 0 Å². The average Bonchev–Trinajstić information content (AvgIpc) is 2.45. The van der Waals surface area contributed by atoms with Crippen molar-refractivity contribution in [3.63, 3.8) is 0 Å². The predicted octanol–water partition coefficient (Wildman–Crippen LogP) is 5.31. The molecule has 0 aromatic carbocycles. The lowest BCUT2D eigenvalue weighted by molar-refractivity contribution is -0.124. The van der Waals surface area contributed by atoms with Crippen molar-refractivity contribution in [1.82, 2.24) is 4.98 Å². The molecule has 1 unspecified atom stereocenters. The summed E-state index contributed by atoms with van der Waals surface area (Å²) in [5.74, 6) is 0.976. The molecule has 0 bridgehead atoms. The van der Waals surface area contributed by atoms with E-state index in [0.29, 0.717) is 11.8 Å². The fourth-order valence-corrected chi connectivity index (χ4v) is 2.31. The number of amides is 1. The lowest BCUT2D eigenvalue weighted by atomic mass is 9.78. The Labute approximate surface area is 141 Å². The van der Waals surface area contributed by atoms with Crippen molar-refractivity contribution in [2.45, 2.75) is 54.9 Å². The van der Waals surface area contributed by atoms with Crippen LogP contribution in [0.1, 0.15) is 54.9 Å². The minimum atomic E-state index is -0.429. The van der Waals surface area contributed by atoms with Gasteiger partial charge in [-0.1, -0.05) is 60.6 Å². The Hall–Kier alpha value is -1.64. The van der Waals surface area contributed by atoms with Gasteiger partial charge in [0, 0.05) is 11.6 Å². The topological polar surface area (TPSA) is 42.0 Å². The van der Waals surface area contributed by atoms with E-state index in [1.54, 1.807) is 12.4 Å². The minimum absolute atomic E-state index is 0.0360. The van der Waals surface area contributed by atoms with Crippen molar-refractivity contribution in [3.05, 3.63) is 36.7 Å². The van der Waals surface area contributed by atoms with Gasteiger partial charge < -0.3 is 5.32 Å². The molecular formula is C20H32N2O. The van der Waals surface area contributed by atoms with Crippen molar-refractivity contribution < 1.29 is 4.79 Å². The fourth-order valence-electron chi connectivity index (χ4n) is 2.31. The molecule has 0 saturated heterocycles. The average molecular weight is 316 g/mol. The highest BCUT2D eigenvalue weighted by atomic mass is 16.2. The summed E-state index contributed by atoms with van der Waals surface area (Å²) in [4.78, 5) is 16.5. The molecule has 1 atom stereocenters. The van der Waals surface area contributed by atoms with Crippen LogP contribution in [0.25, 0.3) is 0 Å². The highest BCUT2D eigenvalue weighted by Crippen LogP contribution is 2.31. The molecule has 1 heterocycles. The third-order valence-corrected chi connectivity index (χ3v) is 4.71. The summed E-state index contributed by atoms with van der Waals surface area (Å²) in [6.07, 6.45) is 8.72. The monoisotopic (exact) mass is 316 g/mol. The maximum absolute atomic E-state index is 12.5. The first-order valence-corrected chi connectivity index (χ1v) is 8.45. The number of pyridine rings is 1. The van der Waals surface area contributed by atoms with Gasteiger partial charge >= 0.3 is 0 Å². The summed E-state index contributed by atoms with van der Waals surface area (Å²) in [7, 11) is 0. The molecule has 3 heteroatoms. The summed E-state index contributed by atoms with van der Waals surface area (Å²) < 4.78 is 0. The SMILES string of the molecule is CC(/C=C\C(C)(C)C(C)C)CC(C)(C)C(=O)Nc1cccnc1. The Balaban J connectivity index is 2.66. The summed E-state index contributed by atoms with van der Waals surface area (Å²) in [5, 5.41) is 2.95. The van der Waals surface area contributed by atoms with Gasteiger partial charge in [-0.3, -0.25) is 9.78 Å². The Kier molecular flexibility index (Phi) is 6.55. The molecule has 1 amide bonds. The van der Waals surface area contributed by atoms with Gasteiger partial charge in [-0.05, 0) is 35.8 Å². The van der Waals surface area contributed by atoms with Gasteiger partial charge in [0.15, 0.2) is 0 Å². The van der Waals surface area contributed by atoms with E-state index in [0.717, 1.165) is 12.1 Å². The van der Waals surface area contributed by atoms with Crippen LogP contribution in [0.3, 0.4) is 0 Å². The molecule has 0 aliphatic heterocycles. The number of hydrogen-bond acceptors (Lipinski definition) is 2. The van der Waals surface area contributed by atoms with Crippen LogP contribution in [0, 0.1) is 22.7 Å². The second-order valence-electron chi connectivity index (χ2n) is 8.10. The molecule has 1 aromatic heterocycles. The Bertz CT molecular complexity index is 530.